The largest absolute Gasteiger partial charge is 0.497 e. The highest BCUT2D eigenvalue weighted by Crippen LogP contribution is 2.32. The van der Waals surface area contributed by atoms with Gasteiger partial charge in [0.2, 0.25) is 5.88 Å². The molecule has 0 aliphatic carbocycles. The van der Waals surface area contributed by atoms with Crippen molar-refractivity contribution in [3.05, 3.63) is 59.6 Å². The fourth-order valence-corrected chi connectivity index (χ4v) is 3.30. The number of nitrogens with one attached hydrogen (secondary N) is 1. The second kappa shape index (κ2) is 10.7. The molecule has 0 bridgehead atoms. The monoisotopic (exact) mass is 483 g/mol. The van der Waals surface area contributed by atoms with E-state index in [2.05, 4.69) is 20.6 Å². The van der Waals surface area contributed by atoms with E-state index in [9.17, 15) is 4.79 Å². The van der Waals surface area contributed by atoms with Crippen LogP contribution >= 0.6 is 11.6 Å². The van der Waals surface area contributed by atoms with E-state index >= 15 is 0 Å². The number of para-hydroxylation sites is 1. The SMILES string of the molecule is COc1ccc(OC)c(-c2nnc3ccc(OCCNC(=O)COc4ccccc4Cl)nn23)c1. The predicted octanol–water partition coefficient (Wildman–Crippen LogP) is 3.04. The molecule has 0 saturated heterocycles. The van der Waals surface area contributed by atoms with Crippen LogP contribution in [0.3, 0.4) is 0 Å². The van der Waals surface area contributed by atoms with Crippen molar-refractivity contribution in [1.82, 2.24) is 25.1 Å². The minimum Gasteiger partial charge on any atom is -0.497 e. The number of rotatable bonds is 10. The predicted molar refractivity (Wildman–Crippen MR) is 125 cm³/mol. The van der Waals surface area contributed by atoms with Crippen molar-refractivity contribution in [1.29, 1.82) is 0 Å². The Kier molecular flexibility index (Phi) is 7.28. The van der Waals surface area contributed by atoms with Crippen LogP contribution in [0, 0.1) is 0 Å². The van der Waals surface area contributed by atoms with Crippen LogP contribution in [0.5, 0.6) is 23.1 Å². The number of aromatic nitrogens is 4. The molecule has 2 aromatic heterocycles. The molecule has 0 spiro atoms. The summed E-state index contributed by atoms with van der Waals surface area (Å²) in [4.78, 5) is 12.0. The normalized spacial score (nSPS) is 10.7. The summed E-state index contributed by atoms with van der Waals surface area (Å²) in [6.07, 6.45) is 0. The first kappa shape index (κ1) is 23.1. The topological polar surface area (TPSA) is 109 Å². The van der Waals surface area contributed by atoms with Crippen LogP contribution in [-0.2, 0) is 4.79 Å². The summed E-state index contributed by atoms with van der Waals surface area (Å²) in [6, 6.07) is 15.7. The van der Waals surface area contributed by atoms with Crippen molar-refractivity contribution in [2.75, 3.05) is 34.0 Å². The summed E-state index contributed by atoms with van der Waals surface area (Å²) in [7, 11) is 3.16. The van der Waals surface area contributed by atoms with Crippen molar-refractivity contribution < 1.29 is 23.7 Å². The highest BCUT2D eigenvalue weighted by Gasteiger charge is 2.16. The van der Waals surface area contributed by atoms with Gasteiger partial charge in [-0.1, -0.05) is 23.7 Å². The van der Waals surface area contributed by atoms with Crippen LogP contribution < -0.4 is 24.3 Å². The molecule has 0 atom stereocenters. The third-order valence-electron chi connectivity index (χ3n) is 4.76. The third kappa shape index (κ3) is 5.29. The van der Waals surface area contributed by atoms with Gasteiger partial charge in [0.15, 0.2) is 18.1 Å². The van der Waals surface area contributed by atoms with Gasteiger partial charge >= 0.3 is 0 Å². The number of hydrogen-bond donors (Lipinski definition) is 1. The summed E-state index contributed by atoms with van der Waals surface area (Å²) in [5.41, 5.74) is 1.21. The molecular weight excluding hydrogens is 462 g/mol. The van der Waals surface area contributed by atoms with E-state index in [4.69, 9.17) is 30.5 Å². The number of benzene rings is 2. The summed E-state index contributed by atoms with van der Waals surface area (Å²) >= 11 is 6.01. The molecule has 0 aliphatic rings. The number of methoxy groups -OCH3 is 2. The van der Waals surface area contributed by atoms with Gasteiger partial charge in [0.1, 0.15) is 23.9 Å². The number of ether oxygens (including phenoxy) is 4. The summed E-state index contributed by atoms with van der Waals surface area (Å²) in [5, 5.41) is 16.0. The standard InChI is InChI=1S/C23H22ClN5O5/c1-31-15-7-8-18(32-2)16(13-15)23-27-26-20-9-10-22(28-29(20)23)33-12-11-25-21(30)14-34-19-6-4-3-5-17(19)24/h3-10,13H,11-12,14H2,1-2H3,(H,25,30). The number of halogens is 1. The Labute approximate surface area is 200 Å². The van der Waals surface area contributed by atoms with E-state index < -0.39 is 0 Å². The van der Waals surface area contributed by atoms with E-state index in [0.717, 1.165) is 0 Å². The molecule has 34 heavy (non-hydrogen) atoms. The maximum absolute atomic E-state index is 12.0. The van der Waals surface area contributed by atoms with Crippen molar-refractivity contribution in [2.45, 2.75) is 0 Å². The second-order valence-electron chi connectivity index (χ2n) is 6.95. The summed E-state index contributed by atoms with van der Waals surface area (Å²) < 4.78 is 23.4. The molecule has 176 valence electrons. The molecule has 10 nitrogen and oxygen atoms in total. The third-order valence-corrected chi connectivity index (χ3v) is 5.07. The van der Waals surface area contributed by atoms with Crippen molar-refractivity contribution >= 4 is 23.2 Å². The zero-order chi connectivity index (χ0) is 23.9. The molecule has 0 saturated carbocycles. The van der Waals surface area contributed by atoms with Gasteiger partial charge in [-0.05, 0) is 36.4 Å². The fraction of sp³-hybridized carbons (Fsp3) is 0.217. The van der Waals surface area contributed by atoms with Gasteiger partial charge in [0, 0.05) is 6.07 Å². The molecular formula is C23H22ClN5O5. The van der Waals surface area contributed by atoms with E-state index in [1.165, 1.54) is 0 Å². The molecule has 4 rings (SSSR count). The molecule has 1 amide bonds. The zero-order valence-electron chi connectivity index (χ0n) is 18.5. The van der Waals surface area contributed by atoms with Gasteiger partial charge in [-0.2, -0.15) is 4.52 Å². The summed E-state index contributed by atoms with van der Waals surface area (Å²) in [6.45, 7) is 0.319. The van der Waals surface area contributed by atoms with Gasteiger partial charge < -0.3 is 24.3 Å². The van der Waals surface area contributed by atoms with E-state index in [1.54, 1.807) is 73.3 Å². The average Bonchev–Trinajstić information content (AvgIpc) is 3.29. The Morgan fingerprint density at radius 3 is 2.65 bits per heavy atom. The highest BCUT2D eigenvalue weighted by atomic mass is 35.5. The first-order chi connectivity index (χ1) is 16.6. The molecule has 0 unspecified atom stereocenters. The van der Waals surface area contributed by atoms with E-state index in [-0.39, 0.29) is 25.7 Å². The van der Waals surface area contributed by atoms with E-state index in [1.807, 2.05) is 0 Å². The Morgan fingerprint density at radius 1 is 1.00 bits per heavy atom. The van der Waals surface area contributed by atoms with Crippen molar-refractivity contribution in [2.24, 2.45) is 0 Å². The lowest BCUT2D eigenvalue weighted by Crippen LogP contribution is -2.32. The summed E-state index contributed by atoms with van der Waals surface area (Å²) in [5.74, 6) is 2.22. The first-order valence-corrected chi connectivity index (χ1v) is 10.7. The Balaban J connectivity index is 1.37. The van der Waals surface area contributed by atoms with Crippen LogP contribution in [0.2, 0.25) is 5.02 Å². The lowest BCUT2D eigenvalue weighted by atomic mass is 10.2. The second-order valence-corrected chi connectivity index (χ2v) is 7.36. The molecule has 11 heteroatoms. The lowest BCUT2D eigenvalue weighted by Gasteiger charge is -2.10. The van der Waals surface area contributed by atoms with Crippen LogP contribution in [0.25, 0.3) is 17.0 Å². The molecule has 4 aromatic rings. The maximum Gasteiger partial charge on any atom is 0.258 e. The van der Waals surface area contributed by atoms with Crippen molar-refractivity contribution in [3.63, 3.8) is 0 Å². The Bertz CT molecular complexity index is 1300. The van der Waals surface area contributed by atoms with Gasteiger partial charge in [0.05, 0.1) is 31.4 Å². The molecule has 1 N–H and O–H groups in total. The molecule has 0 radical (unpaired) electrons. The Morgan fingerprint density at radius 2 is 1.85 bits per heavy atom. The van der Waals surface area contributed by atoms with Crippen LogP contribution in [0.1, 0.15) is 0 Å². The highest BCUT2D eigenvalue weighted by molar-refractivity contribution is 6.32. The minimum atomic E-state index is -0.293. The minimum absolute atomic E-state index is 0.152. The van der Waals surface area contributed by atoms with Crippen molar-refractivity contribution in [3.8, 4) is 34.5 Å². The average molecular weight is 484 g/mol. The number of fused-ring (bicyclic) bond motifs is 1. The van der Waals surface area contributed by atoms with Gasteiger partial charge in [-0.3, -0.25) is 4.79 Å². The smallest absolute Gasteiger partial charge is 0.258 e. The van der Waals surface area contributed by atoms with Crippen LogP contribution in [0.4, 0.5) is 0 Å². The fourth-order valence-electron chi connectivity index (χ4n) is 3.11. The van der Waals surface area contributed by atoms with Crippen LogP contribution in [0.15, 0.2) is 54.6 Å². The van der Waals surface area contributed by atoms with Crippen LogP contribution in [-0.4, -0.2) is 59.7 Å². The lowest BCUT2D eigenvalue weighted by molar-refractivity contribution is -0.123. The number of amides is 1. The van der Waals surface area contributed by atoms with E-state index in [0.29, 0.717) is 45.2 Å². The van der Waals surface area contributed by atoms with Gasteiger partial charge in [0.25, 0.3) is 5.91 Å². The first-order valence-electron chi connectivity index (χ1n) is 10.3. The van der Waals surface area contributed by atoms with Gasteiger partial charge in [-0.25, -0.2) is 0 Å². The van der Waals surface area contributed by atoms with Gasteiger partial charge in [-0.15, -0.1) is 15.3 Å². The molecule has 2 aromatic carbocycles. The molecule has 2 heterocycles. The number of carbonyl (C=O) groups is 1. The molecule has 0 fully saturated rings. The number of nitrogens with zero attached hydrogens (tertiary/aromatic N) is 4. The molecule has 0 aliphatic heterocycles. The quantitative estimate of drug-likeness (QED) is 0.343. The number of hydrogen-bond acceptors (Lipinski definition) is 8. The maximum atomic E-state index is 12.0. The number of carbonyl (C=O) groups excluding carboxylic acids is 1. The zero-order valence-corrected chi connectivity index (χ0v) is 19.3. The Hall–Kier alpha value is -4.05.